The van der Waals surface area contributed by atoms with Gasteiger partial charge in [-0.1, -0.05) is 6.07 Å². The first-order valence-electron chi connectivity index (χ1n) is 6.09. The number of carbonyl (C=O) groups is 1. The fourth-order valence-corrected chi connectivity index (χ4v) is 2.08. The summed E-state index contributed by atoms with van der Waals surface area (Å²) in [5.41, 5.74) is 0.304. The van der Waals surface area contributed by atoms with Crippen molar-refractivity contribution in [2.24, 2.45) is 5.92 Å². The van der Waals surface area contributed by atoms with Crippen molar-refractivity contribution in [3.05, 3.63) is 35.4 Å². The molecule has 0 radical (unpaired) electrons. The molecule has 6 heteroatoms. The minimum absolute atomic E-state index is 0. The highest BCUT2D eigenvalue weighted by Crippen LogP contribution is 2.13. The molecule has 0 atom stereocenters. The minimum Gasteiger partial charge on any atom is -0.352 e. The third-order valence-electron chi connectivity index (χ3n) is 3.18. The maximum atomic E-state index is 13.3. The summed E-state index contributed by atoms with van der Waals surface area (Å²) in [6, 6.07) is 3.37. The molecule has 0 aliphatic carbocycles. The Hall–Kier alpha value is -1.20. The highest BCUT2D eigenvalue weighted by Gasteiger charge is 2.20. The predicted octanol–water partition coefficient (Wildman–Crippen LogP) is 2.00. The van der Waals surface area contributed by atoms with E-state index in [0.717, 1.165) is 32.0 Å². The number of benzene rings is 1. The van der Waals surface area contributed by atoms with Gasteiger partial charge in [-0.05, 0) is 32.0 Å². The number of carbonyl (C=O) groups excluding carboxylic acids is 1. The van der Waals surface area contributed by atoms with E-state index in [4.69, 9.17) is 0 Å². The molecule has 1 aromatic rings. The normalized spacial score (nSPS) is 15.7. The van der Waals surface area contributed by atoms with Gasteiger partial charge in [0.25, 0.3) is 0 Å². The van der Waals surface area contributed by atoms with Crippen LogP contribution in [-0.2, 0) is 11.3 Å². The molecule has 0 bridgehead atoms. The average Bonchev–Trinajstić information content (AvgIpc) is 2.38. The molecular formula is C13H17ClF2N2O. The monoisotopic (exact) mass is 290 g/mol. The maximum Gasteiger partial charge on any atom is 0.223 e. The number of piperidine rings is 1. The lowest BCUT2D eigenvalue weighted by atomic mass is 9.97. The van der Waals surface area contributed by atoms with Crippen LogP contribution in [0, 0.1) is 17.6 Å². The Morgan fingerprint density at radius 2 is 2.00 bits per heavy atom. The van der Waals surface area contributed by atoms with E-state index in [-0.39, 0.29) is 30.8 Å². The van der Waals surface area contributed by atoms with Crippen molar-refractivity contribution in [1.82, 2.24) is 10.6 Å². The Labute approximate surface area is 117 Å². The number of nitrogens with one attached hydrogen (secondary N) is 2. The van der Waals surface area contributed by atoms with E-state index in [1.165, 1.54) is 12.1 Å². The van der Waals surface area contributed by atoms with Crippen LogP contribution in [0.5, 0.6) is 0 Å². The van der Waals surface area contributed by atoms with Crippen molar-refractivity contribution in [2.45, 2.75) is 19.4 Å². The van der Waals surface area contributed by atoms with Gasteiger partial charge in [-0.3, -0.25) is 4.79 Å². The van der Waals surface area contributed by atoms with Gasteiger partial charge in [-0.15, -0.1) is 12.4 Å². The Kier molecular flexibility index (Phi) is 6.18. The van der Waals surface area contributed by atoms with Gasteiger partial charge in [-0.2, -0.15) is 0 Å². The molecule has 0 aromatic heterocycles. The topological polar surface area (TPSA) is 41.1 Å². The van der Waals surface area contributed by atoms with E-state index < -0.39 is 11.6 Å². The molecule has 0 unspecified atom stereocenters. The molecule has 1 aliphatic heterocycles. The number of halogens is 3. The van der Waals surface area contributed by atoms with Crippen LogP contribution in [-0.4, -0.2) is 19.0 Å². The van der Waals surface area contributed by atoms with E-state index >= 15 is 0 Å². The Balaban J connectivity index is 0.00000180. The average molecular weight is 291 g/mol. The van der Waals surface area contributed by atoms with Crippen molar-refractivity contribution < 1.29 is 13.6 Å². The van der Waals surface area contributed by atoms with Crippen LogP contribution in [0.15, 0.2) is 18.2 Å². The molecule has 1 saturated heterocycles. The second kappa shape index (κ2) is 7.40. The summed E-state index contributed by atoms with van der Waals surface area (Å²) in [5.74, 6) is -1.29. The Bertz CT molecular complexity index is 437. The van der Waals surface area contributed by atoms with Gasteiger partial charge in [0.15, 0.2) is 0 Å². The highest BCUT2D eigenvalue weighted by molar-refractivity contribution is 5.85. The van der Waals surface area contributed by atoms with Gasteiger partial charge in [0.2, 0.25) is 5.91 Å². The quantitative estimate of drug-likeness (QED) is 0.894. The molecule has 19 heavy (non-hydrogen) atoms. The van der Waals surface area contributed by atoms with Crippen LogP contribution in [0.25, 0.3) is 0 Å². The lowest BCUT2D eigenvalue weighted by Crippen LogP contribution is -2.38. The number of hydrogen-bond donors (Lipinski definition) is 2. The van der Waals surface area contributed by atoms with Crippen molar-refractivity contribution in [3.8, 4) is 0 Å². The van der Waals surface area contributed by atoms with Crippen molar-refractivity contribution >= 4 is 18.3 Å². The first kappa shape index (κ1) is 15.9. The molecule has 3 nitrogen and oxygen atoms in total. The number of rotatable bonds is 3. The van der Waals surface area contributed by atoms with E-state index in [9.17, 15) is 13.6 Å². The fraction of sp³-hybridized carbons (Fsp3) is 0.462. The summed E-state index contributed by atoms with van der Waals surface area (Å²) in [6.07, 6.45) is 1.61. The lowest BCUT2D eigenvalue weighted by molar-refractivity contribution is -0.125. The molecule has 1 amide bonds. The molecule has 1 fully saturated rings. The maximum absolute atomic E-state index is 13.3. The van der Waals surface area contributed by atoms with Crippen LogP contribution < -0.4 is 10.6 Å². The summed E-state index contributed by atoms with van der Waals surface area (Å²) < 4.78 is 26.0. The third kappa shape index (κ3) is 4.44. The van der Waals surface area contributed by atoms with Crippen molar-refractivity contribution in [3.63, 3.8) is 0 Å². The minimum atomic E-state index is -0.624. The lowest BCUT2D eigenvalue weighted by Gasteiger charge is -2.21. The second-order valence-corrected chi connectivity index (χ2v) is 4.48. The summed E-state index contributed by atoms with van der Waals surface area (Å²) in [5, 5.41) is 5.88. The molecule has 1 heterocycles. The molecule has 0 saturated carbocycles. The fourth-order valence-electron chi connectivity index (χ4n) is 2.08. The number of amides is 1. The van der Waals surface area contributed by atoms with Gasteiger partial charge in [0.05, 0.1) is 0 Å². The van der Waals surface area contributed by atoms with E-state index in [0.29, 0.717) is 5.56 Å². The van der Waals surface area contributed by atoms with Gasteiger partial charge in [-0.25, -0.2) is 8.78 Å². The van der Waals surface area contributed by atoms with Crippen LogP contribution in [0.2, 0.25) is 0 Å². The first-order chi connectivity index (χ1) is 8.66. The zero-order valence-electron chi connectivity index (χ0n) is 10.4. The molecule has 106 valence electrons. The first-order valence-corrected chi connectivity index (χ1v) is 6.09. The molecule has 2 N–H and O–H groups in total. The molecule has 1 aliphatic rings. The second-order valence-electron chi connectivity index (χ2n) is 4.48. The van der Waals surface area contributed by atoms with Gasteiger partial charge in [0.1, 0.15) is 11.6 Å². The molecular weight excluding hydrogens is 274 g/mol. The molecule has 0 spiro atoms. The largest absolute Gasteiger partial charge is 0.352 e. The van der Waals surface area contributed by atoms with Crippen molar-refractivity contribution in [1.29, 1.82) is 0 Å². The number of hydrogen-bond acceptors (Lipinski definition) is 2. The van der Waals surface area contributed by atoms with E-state index in [1.54, 1.807) is 0 Å². The van der Waals surface area contributed by atoms with Crippen LogP contribution in [0.1, 0.15) is 18.4 Å². The summed E-state index contributed by atoms with van der Waals surface area (Å²) in [4.78, 5) is 11.8. The van der Waals surface area contributed by atoms with E-state index in [2.05, 4.69) is 10.6 Å². The third-order valence-corrected chi connectivity index (χ3v) is 3.18. The van der Waals surface area contributed by atoms with Crippen molar-refractivity contribution in [2.75, 3.05) is 13.1 Å². The Morgan fingerprint density at radius 1 is 1.32 bits per heavy atom. The van der Waals surface area contributed by atoms with Crippen LogP contribution in [0.3, 0.4) is 0 Å². The zero-order valence-corrected chi connectivity index (χ0v) is 11.2. The van der Waals surface area contributed by atoms with Gasteiger partial charge < -0.3 is 10.6 Å². The smallest absolute Gasteiger partial charge is 0.223 e. The summed E-state index contributed by atoms with van der Waals surface area (Å²) >= 11 is 0. The van der Waals surface area contributed by atoms with Crippen LogP contribution >= 0.6 is 12.4 Å². The summed E-state index contributed by atoms with van der Waals surface area (Å²) in [6.45, 7) is 1.78. The van der Waals surface area contributed by atoms with Gasteiger partial charge in [0, 0.05) is 24.1 Å². The van der Waals surface area contributed by atoms with Gasteiger partial charge >= 0.3 is 0 Å². The predicted molar refractivity (Wildman–Crippen MR) is 71.0 cm³/mol. The van der Waals surface area contributed by atoms with E-state index in [1.807, 2.05) is 0 Å². The Morgan fingerprint density at radius 3 is 2.63 bits per heavy atom. The molecule has 2 rings (SSSR count). The summed E-state index contributed by atoms with van der Waals surface area (Å²) in [7, 11) is 0. The highest BCUT2D eigenvalue weighted by atomic mass is 35.5. The standard InChI is InChI=1S/C13H16F2N2O.ClH/c14-11-2-1-10(12(15)7-11)8-17-13(18)9-3-5-16-6-4-9;/h1-2,7,9,16H,3-6,8H2,(H,17,18);1H. The zero-order chi connectivity index (χ0) is 13.0. The molecule has 1 aromatic carbocycles. The van der Waals surface area contributed by atoms with Crippen LogP contribution in [0.4, 0.5) is 8.78 Å². The SMILES string of the molecule is Cl.O=C(NCc1ccc(F)cc1F)C1CCNCC1.